The van der Waals surface area contributed by atoms with Crippen molar-refractivity contribution in [3.8, 4) is 0 Å². The fourth-order valence-corrected chi connectivity index (χ4v) is 3.18. The number of hydrogen-bond acceptors (Lipinski definition) is 4. The quantitative estimate of drug-likeness (QED) is 0.728. The number of halogens is 1. The monoisotopic (exact) mass is 394 g/mol. The predicted octanol–water partition coefficient (Wildman–Crippen LogP) is 3.10. The highest BCUT2D eigenvalue weighted by Crippen LogP contribution is 2.30. The zero-order valence-electron chi connectivity index (χ0n) is 13.6. The van der Waals surface area contributed by atoms with Crippen LogP contribution < -0.4 is 0 Å². The number of carboxylic acid groups (broad SMARTS) is 2. The zero-order valence-corrected chi connectivity index (χ0v) is 15.2. The number of benzene rings is 2. The number of sulfone groups is 1. The molecule has 0 aliphatic carbocycles. The van der Waals surface area contributed by atoms with E-state index in [1.807, 2.05) is 0 Å². The summed E-state index contributed by atoms with van der Waals surface area (Å²) >= 11 is 5.87. The zero-order chi connectivity index (χ0) is 19.5. The van der Waals surface area contributed by atoms with E-state index in [4.69, 9.17) is 16.7 Å². The first-order valence-corrected chi connectivity index (χ1v) is 9.61. The van der Waals surface area contributed by atoms with Gasteiger partial charge in [0.2, 0.25) is 0 Å². The van der Waals surface area contributed by atoms with Crippen molar-refractivity contribution in [1.29, 1.82) is 0 Å². The van der Waals surface area contributed by atoms with Gasteiger partial charge in [0.1, 0.15) is 0 Å². The Morgan fingerprint density at radius 2 is 1.38 bits per heavy atom. The van der Waals surface area contributed by atoms with Gasteiger partial charge in [0.15, 0.2) is 9.84 Å². The van der Waals surface area contributed by atoms with Crippen LogP contribution in [0.2, 0.25) is 5.02 Å². The van der Waals surface area contributed by atoms with Crippen LogP contribution in [0.4, 0.5) is 0 Å². The fourth-order valence-electron chi connectivity index (χ4n) is 2.42. The Kier molecular flexibility index (Phi) is 5.84. The number of hydrogen-bond donors (Lipinski definition) is 2. The molecule has 136 valence electrons. The Morgan fingerprint density at radius 3 is 1.77 bits per heavy atom. The second-order valence-electron chi connectivity index (χ2n) is 5.53. The standard InChI is InChI=1S/C18H15ClO6S/c1-26(24,25)14-8-4-12(5-9-14)17(11-2-6-13(19)7-3-11)15(18(22)23)10-16(20)21/h2-9H,10H2,1H3,(H,20,21)(H,22,23). The van der Waals surface area contributed by atoms with Gasteiger partial charge in [0, 0.05) is 11.3 Å². The molecule has 2 aromatic rings. The lowest BCUT2D eigenvalue weighted by molar-refractivity contribution is -0.139. The lowest BCUT2D eigenvalue weighted by Gasteiger charge is -2.13. The molecule has 26 heavy (non-hydrogen) atoms. The molecule has 0 aromatic heterocycles. The van der Waals surface area contributed by atoms with Crippen LogP contribution in [0, 0.1) is 0 Å². The largest absolute Gasteiger partial charge is 0.481 e. The van der Waals surface area contributed by atoms with Crippen LogP contribution in [0.5, 0.6) is 0 Å². The minimum atomic E-state index is -3.42. The third-order valence-corrected chi connectivity index (χ3v) is 4.97. The first-order valence-electron chi connectivity index (χ1n) is 7.34. The Balaban J connectivity index is 2.73. The van der Waals surface area contributed by atoms with E-state index in [2.05, 4.69) is 0 Å². The van der Waals surface area contributed by atoms with E-state index in [0.29, 0.717) is 16.1 Å². The van der Waals surface area contributed by atoms with E-state index in [1.165, 1.54) is 24.3 Å². The maximum atomic E-state index is 11.7. The molecular formula is C18H15ClO6S. The molecule has 0 heterocycles. The summed E-state index contributed by atoms with van der Waals surface area (Å²) in [5.41, 5.74) is 0.724. The molecule has 0 fully saturated rings. The number of carboxylic acids is 2. The average molecular weight is 395 g/mol. The van der Waals surface area contributed by atoms with Gasteiger partial charge in [0.25, 0.3) is 0 Å². The van der Waals surface area contributed by atoms with Crippen molar-refractivity contribution < 1.29 is 28.2 Å². The number of aliphatic carboxylic acids is 2. The molecule has 2 rings (SSSR count). The van der Waals surface area contributed by atoms with Gasteiger partial charge < -0.3 is 10.2 Å². The van der Waals surface area contributed by atoms with Crippen LogP contribution in [0.25, 0.3) is 5.57 Å². The Hall–Kier alpha value is -2.64. The van der Waals surface area contributed by atoms with Crippen LogP contribution >= 0.6 is 11.6 Å². The maximum Gasteiger partial charge on any atom is 0.332 e. The molecule has 0 radical (unpaired) electrons. The van der Waals surface area contributed by atoms with Gasteiger partial charge in [-0.2, -0.15) is 0 Å². The first-order chi connectivity index (χ1) is 12.1. The molecule has 0 amide bonds. The highest BCUT2D eigenvalue weighted by Gasteiger charge is 2.21. The highest BCUT2D eigenvalue weighted by molar-refractivity contribution is 7.90. The minimum absolute atomic E-state index is 0.0758. The van der Waals surface area contributed by atoms with Crippen molar-refractivity contribution in [2.24, 2.45) is 0 Å². The molecule has 0 bridgehead atoms. The van der Waals surface area contributed by atoms with Crippen LogP contribution in [0.1, 0.15) is 17.5 Å². The van der Waals surface area contributed by atoms with E-state index in [9.17, 15) is 23.1 Å². The summed E-state index contributed by atoms with van der Waals surface area (Å²) in [5, 5.41) is 19.0. The normalized spacial score (nSPS) is 12.4. The van der Waals surface area contributed by atoms with Crippen molar-refractivity contribution in [3.05, 3.63) is 70.3 Å². The molecule has 8 heteroatoms. The molecule has 6 nitrogen and oxygen atoms in total. The van der Waals surface area contributed by atoms with E-state index >= 15 is 0 Å². The lowest BCUT2D eigenvalue weighted by atomic mass is 9.91. The van der Waals surface area contributed by atoms with Crippen molar-refractivity contribution in [2.45, 2.75) is 11.3 Å². The molecular weight excluding hydrogens is 380 g/mol. The Bertz CT molecular complexity index is 973. The van der Waals surface area contributed by atoms with E-state index < -0.39 is 28.2 Å². The van der Waals surface area contributed by atoms with Crippen LogP contribution in [-0.2, 0) is 19.4 Å². The average Bonchev–Trinajstić information content (AvgIpc) is 2.55. The third kappa shape index (κ3) is 4.71. The van der Waals surface area contributed by atoms with Gasteiger partial charge in [-0.1, -0.05) is 35.9 Å². The second-order valence-corrected chi connectivity index (χ2v) is 7.98. The first kappa shape index (κ1) is 19.7. The van der Waals surface area contributed by atoms with Gasteiger partial charge in [-0.05, 0) is 41.0 Å². The Morgan fingerprint density at radius 1 is 0.923 bits per heavy atom. The van der Waals surface area contributed by atoms with E-state index in [1.54, 1.807) is 24.3 Å². The Labute approximate surface area is 155 Å². The molecule has 0 saturated carbocycles. The van der Waals surface area contributed by atoms with Crippen molar-refractivity contribution >= 4 is 38.9 Å². The van der Waals surface area contributed by atoms with Crippen LogP contribution in [0.3, 0.4) is 0 Å². The smallest absolute Gasteiger partial charge is 0.332 e. The third-order valence-electron chi connectivity index (χ3n) is 3.59. The van der Waals surface area contributed by atoms with E-state index in [0.717, 1.165) is 6.26 Å². The van der Waals surface area contributed by atoms with Gasteiger partial charge in [-0.25, -0.2) is 13.2 Å². The fraction of sp³-hybridized carbons (Fsp3) is 0.111. The summed E-state index contributed by atoms with van der Waals surface area (Å²) in [6.07, 6.45) is 0.367. The van der Waals surface area contributed by atoms with Crippen molar-refractivity contribution in [3.63, 3.8) is 0 Å². The molecule has 0 saturated heterocycles. The van der Waals surface area contributed by atoms with Gasteiger partial charge in [0.05, 0.1) is 16.9 Å². The van der Waals surface area contributed by atoms with Crippen molar-refractivity contribution in [2.75, 3.05) is 6.26 Å². The van der Waals surface area contributed by atoms with Gasteiger partial charge >= 0.3 is 11.9 Å². The molecule has 2 N–H and O–H groups in total. The highest BCUT2D eigenvalue weighted by atomic mass is 35.5. The topological polar surface area (TPSA) is 109 Å². The lowest BCUT2D eigenvalue weighted by Crippen LogP contribution is -2.10. The number of carbonyl (C=O) groups is 2. The molecule has 0 spiro atoms. The van der Waals surface area contributed by atoms with Crippen LogP contribution in [-0.4, -0.2) is 36.8 Å². The molecule has 0 atom stereocenters. The summed E-state index contributed by atoms with van der Waals surface area (Å²) in [7, 11) is -3.42. The summed E-state index contributed by atoms with van der Waals surface area (Å²) in [5.74, 6) is -2.66. The summed E-state index contributed by atoms with van der Waals surface area (Å²) in [6.45, 7) is 0. The molecule has 0 unspecified atom stereocenters. The summed E-state index contributed by atoms with van der Waals surface area (Å²) < 4.78 is 23.2. The second kappa shape index (κ2) is 7.72. The summed E-state index contributed by atoms with van der Waals surface area (Å²) in [6, 6.07) is 11.9. The minimum Gasteiger partial charge on any atom is -0.481 e. The summed E-state index contributed by atoms with van der Waals surface area (Å²) in [4.78, 5) is 22.9. The SMILES string of the molecule is CS(=O)(=O)c1ccc(C(=C(CC(=O)O)C(=O)O)c2ccc(Cl)cc2)cc1. The van der Waals surface area contributed by atoms with Crippen LogP contribution in [0.15, 0.2) is 59.0 Å². The van der Waals surface area contributed by atoms with Crippen molar-refractivity contribution in [1.82, 2.24) is 0 Å². The van der Waals surface area contributed by atoms with Gasteiger partial charge in [-0.15, -0.1) is 0 Å². The molecule has 0 aliphatic rings. The number of rotatable bonds is 6. The maximum absolute atomic E-state index is 11.7. The predicted molar refractivity (Wildman–Crippen MR) is 96.9 cm³/mol. The molecule has 2 aromatic carbocycles. The van der Waals surface area contributed by atoms with E-state index in [-0.39, 0.29) is 16.0 Å². The molecule has 0 aliphatic heterocycles. The van der Waals surface area contributed by atoms with Gasteiger partial charge in [-0.3, -0.25) is 4.79 Å².